The predicted molar refractivity (Wildman–Crippen MR) is 95.1 cm³/mol. The zero-order valence-electron chi connectivity index (χ0n) is 14.4. The van der Waals surface area contributed by atoms with Gasteiger partial charge in [0.05, 0.1) is 17.8 Å². The maximum Gasteiger partial charge on any atom is 0.253 e. The van der Waals surface area contributed by atoms with Gasteiger partial charge in [0.15, 0.2) is 0 Å². The number of amides is 2. The van der Waals surface area contributed by atoms with Crippen molar-refractivity contribution < 1.29 is 9.59 Å². The number of nitrogens with one attached hydrogen (secondary N) is 2. The van der Waals surface area contributed by atoms with Crippen molar-refractivity contribution in [1.29, 1.82) is 0 Å². The molecule has 2 aliphatic rings. The van der Waals surface area contributed by atoms with E-state index in [9.17, 15) is 9.59 Å². The summed E-state index contributed by atoms with van der Waals surface area (Å²) in [5.74, 6) is -0.163. The lowest BCUT2D eigenvalue weighted by Crippen LogP contribution is -2.39. The van der Waals surface area contributed by atoms with Gasteiger partial charge in [-0.2, -0.15) is 0 Å². The molecule has 0 aliphatic heterocycles. The summed E-state index contributed by atoms with van der Waals surface area (Å²) in [4.78, 5) is 26.8. The highest BCUT2D eigenvalue weighted by Crippen LogP contribution is 2.23. The summed E-state index contributed by atoms with van der Waals surface area (Å²) >= 11 is 0. The third kappa shape index (κ3) is 4.57. The first-order valence-electron chi connectivity index (χ1n) is 9.03. The zero-order chi connectivity index (χ0) is 16.9. The monoisotopic (exact) mass is 329 g/mol. The van der Waals surface area contributed by atoms with Gasteiger partial charge in [-0.1, -0.05) is 31.4 Å². The Morgan fingerprint density at radius 3 is 2.50 bits per heavy atom. The first-order chi connectivity index (χ1) is 11.6. The molecule has 0 saturated heterocycles. The molecule has 0 aromatic heterocycles. The summed E-state index contributed by atoms with van der Waals surface area (Å²) in [5.41, 5.74) is 1.13. The Kier molecular flexibility index (Phi) is 5.51. The quantitative estimate of drug-likeness (QED) is 0.843. The van der Waals surface area contributed by atoms with Crippen LogP contribution in [0.25, 0.3) is 0 Å². The molecule has 3 rings (SSSR count). The Bertz CT molecular complexity index is 592. The van der Waals surface area contributed by atoms with Crippen molar-refractivity contribution in [3.05, 3.63) is 29.8 Å². The Morgan fingerprint density at radius 2 is 1.79 bits per heavy atom. The van der Waals surface area contributed by atoms with E-state index in [1.807, 2.05) is 19.2 Å². The molecule has 0 unspecified atom stereocenters. The average Bonchev–Trinajstić information content (AvgIpc) is 3.40. The largest absolute Gasteiger partial charge is 0.349 e. The van der Waals surface area contributed by atoms with Crippen LogP contribution >= 0.6 is 0 Å². The Balaban J connectivity index is 1.58. The van der Waals surface area contributed by atoms with E-state index < -0.39 is 0 Å². The SMILES string of the molecule is CN(CC(=O)Nc1ccccc1C(=O)NC1CC1)C1CCCCC1. The van der Waals surface area contributed by atoms with E-state index in [1.165, 1.54) is 32.1 Å². The van der Waals surface area contributed by atoms with Crippen LogP contribution in [0.1, 0.15) is 55.3 Å². The minimum atomic E-state index is -0.103. The van der Waals surface area contributed by atoms with E-state index in [-0.39, 0.29) is 11.8 Å². The third-order valence-electron chi connectivity index (χ3n) is 4.95. The number of hydrogen-bond donors (Lipinski definition) is 2. The molecule has 2 amide bonds. The summed E-state index contributed by atoms with van der Waals surface area (Å²) in [6.45, 7) is 0.364. The van der Waals surface area contributed by atoms with Crippen molar-refractivity contribution in [3.63, 3.8) is 0 Å². The minimum Gasteiger partial charge on any atom is -0.349 e. The molecule has 0 atom stereocenters. The van der Waals surface area contributed by atoms with Gasteiger partial charge in [0.2, 0.25) is 5.91 Å². The number of para-hydroxylation sites is 1. The van der Waals surface area contributed by atoms with Gasteiger partial charge in [0.25, 0.3) is 5.91 Å². The van der Waals surface area contributed by atoms with Gasteiger partial charge in [0, 0.05) is 12.1 Å². The second-order valence-corrected chi connectivity index (χ2v) is 7.05. The summed E-state index contributed by atoms with van der Waals surface area (Å²) in [5, 5.41) is 5.89. The third-order valence-corrected chi connectivity index (χ3v) is 4.95. The molecule has 2 aliphatic carbocycles. The molecule has 0 heterocycles. The van der Waals surface area contributed by atoms with Crippen molar-refractivity contribution in [1.82, 2.24) is 10.2 Å². The number of rotatable bonds is 6. The molecule has 130 valence electrons. The first-order valence-corrected chi connectivity index (χ1v) is 9.03. The van der Waals surface area contributed by atoms with E-state index in [4.69, 9.17) is 0 Å². The lowest BCUT2D eigenvalue weighted by atomic mass is 9.94. The number of carbonyl (C=O) groups excluding carboxylic acids is 2. The molecule has 1 aromatic carbocycles. The topological polar surface area (TPSA) is 61.4 Å². The van der Waals surface area contributed by atoms with Gasteiger partial charge in [-0.05, 0) is 44.9 Å². The van der Waals surface area contributed by atoms with Crippen molar-refractivity contribution in [2.75, 3.05) is 18.9 Å². The predicted octanol–water partition coefficient (Wildman–Crippen LogP) is 2.78. The molecule has 2 saturated carbocycles. The van der Waals surface area contributed by atoms with Gasteiger partial charge in [-0.25, -0.2) is 0 Å². The molecular formula is C19H27N3O2. The normalized spacial score (nSPS) is 18.4. The van der Waals surface area contributed by atoms with Crippen LogP contribution < -0.4 is 10.6 Å². The molecule has 1 aromatic rings. The van der Waals surface area contributed by atoms with E-state index in [0.717, 1.165) is 12.8 Å². The van der Waals surface area contributed by atoms with Crippen LogP contribution in [-0.2, 0) is 4.79 Å². The van der Waals surface area contributed by atoms with Crippen LogP contribution in [0.15, 0.2) is 24.3 Å². The van der Waals surface area contributed by atoms with Crippen LogP contribution in [0.5, 0.6) is 0 Å². The molecule has 0 bridgehead atoms. The fraction of sp³-hybridized carbons (Fsp3) is 0.579. The van der Waals surface area contributed by atoms with E-state index in [2.05, 4.69) is 15.5 Å². The van der Waals surface area contributed by atoms with Crippen molar-refractivity contribution in [3.8, 4) is 0 Å². The fourth-order valence-corrected chi connectivity index (χ4v) is 3.35. The second-order valence-electron chi connectivity index (χ2n) is 7.05. The Labute approximate surface area is 143 Å². The van der Waals surface area contributed by atoms with Crippen LogP contribution in [0.3, 0.4) is 0 Å². The molecule has 24 heavy (non-hydrogen) atoms. The molecule has 2 N–H and O–H groups in total. The van der Waals surface area contributed by atoms with Gasteiger partial charge in [-0.3, -0.25) is 14.5 Å². The summed E-state index contributed by atoms with van der Waals surface area (Å²) in [6, 6.07) is 8.02. The highest BCUT2D eigenvalue weighted by Gasteiger charge is 2.25. The summed E-state index contributed by atoms with van der Waals surface area (Å²) in [6.07, 6.45) is 8.24. The minimum absolute atomic E-state index is 0.0604. The molecular weight excluding hydrogens is 302 g/mol. The maximum atomic E-state index is 12.4. The Hall–Kier alpha value is -1.88. The number of likely N-dealkylation sites (N-methyl/N-ethyl adjacent to an activating group) is 1. The van der Waals surface area contributed by atoms with E-state index in [0.29, 0.717) is 29.9 Å². The highest BCUT2D eigenvalue weighted by molar-refractivity contribution is 6.04. The molecule has 0 spiro atoms. The van der Waals surface area contributed by atoms with Crippen LogP contribution in [-0.4, -0.2) is 42.4 Å². The van der Waals surface area contributed by atoms with Crippen molar-refractivity contribution >= 4 is 17.5 Å². The average molecular weight is 329 g/mol. The van der Waals surface area contributed by atoms with Crippen molar-refractivity contribution in [2.24, 2.45) is 0 Å². The van der Waals surface area contributed by atoms with Gasteiger partial charge in [-0.15, -0.1) is 0 Å². The highest BCUT2D eigenvalue weighted by atomic mass is 16.2. The molecule has 5 nitrogen and oxygen atoms in total. The van der Waals surface area contributed by atoms with E-state index >= 15 is 0 Å². The second kappa shape index (κ2) is 7.79. The summed E-state index contributed by atoms with van der Waals surface area (Å²) in [7, 11) is 2.02. The standard InChI is InChI=1S/C19H27N3O2/c1-22(15-7-3-2-4-8-15)13-18(23)21-17-10-6-5-9-16(17)19(24)20-14-11-12-14/h5-6,9-10,14-15H,2-4,7-8,11-13H2,1H3,(H,20,24)(H,21,23). The number of anilines is 1. The molecule has 2 fully saturated rings. The number of hydrogen-bond acceptors (Lipinski definition) is 3. The van der Waals surface area contributed by atoms with Gasteiger partial charge in [0.1, 0.15) is 0 Å². The van der Waals surface area contributed by atoms with E-state index in [1.54, 1.807) is 12.1 Å². The number of nitrogens with zero attached hydrogens (tertiary/aromatic N) is 1. The smallest absolute Gasteiger partial charge is 0.253 e. The lowest BCUT2D eigenvalue weighted by Gasteiger charge is -2.30. The van der Waals surface area contributed by atoms with Crippen LogP contribution in [0, 0.1) is 0 Å². The summed E-state index contributed by atoms with van der Waals surface area (Å²) < 4.78 is 0. The van der Waals surface area contributed by atoms with Gasteiger partial charge < -0.3 is 10.6 Å². The zero-order valence-corrected chi connectivity index (χ0v) is 14.4. The lowest BCUT2D eigenvalue weighted by molar-refractivity contribution is -0.117. The Morgan fingerprint density at radius 1 is 1.08 bits per heavy atom. The van der Waals surface area contributed by atoms with Crippen molar-refractivity contribution in [2.45, 2.75) is 57.0 Å². The maximum absolute atomic E-state index is 12.4. The van der Waals surface area contributed by atoms with Gasteiger partial charge >= 0.3 is 0 Å². The molecule has 5 heteroatoms. The fourth-order valence-electron chi connectivity index (χ4n) is 3.35. The number of benzene rings is 1. The van der Waals surface area contributed by atoms with Crippen LogP contribution in [0.4, 0.5) is 5.69 Å². The number of carbonyl (C=O) groups is 2. The van der Waals surface area contributed by atoms with Crippen LogP contribution in [0.2, 0.25) is 0 Å². The first kappa shape index (κ1) is 17.0. The molecule has 0 radical (unpaired) electrons.